The molecule has 45 heavy (non-hydrogen) atoms. The fourth-order valence-corrected chi connectivity index (χ4v) is 7.54. The molecule has 4 heteroatoms. The maximum Gasteiger partial charge on any atom is 0.218 e. The van der Waals surface area contributed by atoms with Crippen LogP contribution in [0.1, 0.15) is 11.1 Å². The number of nitrogens with zero attached hydrogens (tertiary/aromatic N) is 3. The van der Waals surface area contributed by atoms with Crippen LogP contribution in [0.4, 0.5) is 0 Å². The number of rotatable bonds is 7. The molecule has 0 saturated heterocycles. The highest BCUT2D eigenvalue weighted by atomic mass is 16.1. The molecule has 0 bridgehead atoms. The first-order chi connectivity index (χ1) is 22.3. The van der Waals surface area contributed by atoms with E-state index in [9.17, 15) is 4.79 Å². The minimum absolute atomic E-state index is 0.885. The quantitative estimate of drug-likeness (QED) is 0.173. The Morgan fingerprint density at radius 2 is 0.756 bits per heavy atom. The summed E-state index contributed by atoms with van der Waals surface area (Å²) < 4.78 is 6.67. The van der Waals surface area contributed by atoms with Gasteiger partial charge in [-0.1, -0.05) is 84.9 Å². The highest BCUT2D eigenvalue weighted by Gasteiger charge is 2.15. The number of aryl methyl sites for hydroxylation is 4. The molecule has 216 valence electrons. The summed E-state index contributed by atoms with van der Waals surface area (Å²) in [6.45, 7) is 1.77. The van der Waals surface area contributed by atoms with Crippen LogP contribution < -0.4 is 0 Å². The Balaban J connectivity index is 1.07. The summed E-state index contributed by atoms with van der Waals surface area (Å²) in [5, 5.41) is 7.46. The number of hydrogen-bond acceptors (Lipinski definition) is 1. The van der Waals surface area contributed by atoms with Crippen LogP contribution in [0.15, 0.2) is 133 Å². The van der Waals surface area contributed by atoms with Crippen LogP contribution in [0.25, 0.3) is 65.4 Å². The van der Waals surface area contributed by atoms with E-state index in [1.165, 1.54) is 54.7 Å². The number of carbonyl (C=O) groups excluding carboxylic acids is 1. The lowest BCUT2D eigenvalue weighted by Crippen LogP contribution is -2.01. The molecule has 0 radical (unpaired) electrons. The molecule has 3 aromatic heterocycles. The van der Waals surface area contributed by atoms with Gasteiger partial charge in [0.05, 0.1) is 11.0 Å². The molecule has 0 saturated carbocycles. The van der Waals surface area contributed by atoms with E-state index in [4.69, 9.17) is 0 Å². The maximum atomic E-state index is 12.3. The van der Waals surface area contributed by atoms with Crippen LogP contribution in [0.3, 0.4) is 0 Å². The smallest absolute Gasteiger partial charge is 0.218 e. The topological polar surface area (TPSA) is 31.9 Å². The van der Waals surface area contributed by atoms with E-state index >= 15 is 0 Å². The minimum Gasteiger partial charge on any atom is -0.340 e. The summed E-state index contributed by atoms with van der Waals surface area (Å²) in [4.78, 5) is 12.3. The van der Waals surface area contributed by atoms with Crippen molar-refractivity contribution >= 4 is 71.8 Å². The number of aromatic nitrogens is 3. The van der Waals surface area contributed by atoms with Crippen molar-refractivity contribution < 1.29 is 4.79 Å². The Morgan fingerprint density at radius 3 is 1.11 bits per heavy atom. The molecule has 0 N–H and O–H groups in total. The number of hydrogen-bond donors (Lipinski definition) is 0. The fraction of sp³-hybridized carbons (Fsp3) is 0.0976. The largest absolute Gasteiger partial charge is 0.340 e. The van der Waals surface area contributed by atoms with Crippen molar-refractivity contribution in [3.05, 3.63) is 145 Å². The summed E-state index contributed by atoms with van der Waals surface area (Å²) in [6, 6.07) is 47.9. The van der Waals surface area contributed by atoms with Gasteiger partial charge in [-0.15, -0.1) is 0 Å². The first-order valence-electron chi connectivity index (χ1n) is 15.7. The van der Waals surface area contributed by atoms with Crippen molar-refractivity contribution in [3.8, 4) is 0 Å². The summed E-state index contributed by atoms with van der Waals surface area (Å²) in [5.74, 6) is 0. The zero-order valence-electron chi connectivity index (χ0n) is 24.9. The van der Waals surface area contributed by atoms with Crippen LogP contribution in [-0.2, 0) is 30.7 Å². The normalized spacial score (nSPS) is 12.0. The molecule has 0 aliphatic heterocycles. The monoisotopic (exact) mass is 581 g/mol. The number of benzene rings is 6. The summed E-state index contributed by atoms with van der Waals surface area (Å²) in [5.41, 5.74) is 9.53. The van der Waals surface area contributed by atoms with Gasteiger partial charge < -0.3 is 9.13 Å². The predicted molar refractivity (Wildman–Crippen MR) is 188 cm³/mol. The average molecular weight is 582 g/mol. The Bertz CT molecular complexity index is 2300. The van der Waals surface area contributed by atoms with Crippen molar-refractivity contribution in [2.24, 2.45) is 0 Å². The van der Waals surface area contributed by atoms with E-state index in [0.29, 0.717) is 0 Å². The second-order valence-electron chi connectivity index (χ2n) is 12.1. The molecule has 0 atom stereocenters. The Labute approximate surface area is 260 Å². The van der Waals surface area contributed by atoms with E-state index < -0.39 is 0 Å². The third kappa shape index (κ3) is 4.02. The molecule has 6 aromatic carbocycles. The highest BCUT2D eigenvalue weighted by Crippen LogP contribution is 2.33. The van der Waals surface area contributed by atoms with Crippen molar-refractivity contribution in [3.63, 3.8) is 0 Å². The van der Waals surface area contributed by atoms with E-state index in [1.54, 1.807) is 4.57 Å². The van der Waals surface area contributed by atoms with Crippen LogP contribution in [0, 0.1) is 0 Å². The van der Waals surface area contributed by atoms with Crippen LogP contribution in [0.2, 0.25) is 0 Å². The molecule has 0 fully saturated rings. The third-order valence-corrected chi connectivity index (χ3v) is 9.64. The van der Waals surface area contributed by atoms with Gasteiger partial charge in [-0.3, -0.25) is 9.36 Å². The molecule has 0 spiro atoms. The molecular formula is C41H31N3O. The van der Waals surface area contributed by atoms with E-state index in [2.05, 4.69) is 143 Å². The molecule has 0 amide bonds. The number of fused-ring (bicyclic) bond motifs is 9. The highest BCUT2D eigenvalue weighted by molar-refractivity contribution is 6.12. The van der Waals surface area contributed by atoms with E-state index in [1.807, 2.05) is 0 Å². The van der Waals surface area contributed by atoms with Gasteiger partial charge >= 0.3 is 0 Å². The molecule has 0 unspecified atom stereocenters. The number of para-hydroxylation sites is 4. The number of carbonyl (C=O) groups is 1. The van der Waals surface area contributed by atoms with Gasteiger partial charge in [-0.25, -0.2) is 0 Å². The first kappa shape index (κ1) is 25.8. The zero-order chi connectivity index (χ0) is 29.9. The SMILES string of the molecule is O=Cn1c2ccc(CCn3c4ccccc4c4ccccc43)cc2c2cc(CCn3c4ccccc4c4ccccc43)ccc21. The lowest BCUT2D eigenvalue weighted by molar-refractivity contribution is 0.550. The van der Waals surface area contributed by atoms with Gasteiger partial charge in [-0.2, -0.15) is 0 Å². The van der Waals surface area contributed by atoms with Gasteiger partial charge in [0.25, 0.3) is 0 Å². The van der Waals surface area contributed by atoms with Crippen molar-refractivity contribution in [2.75, 3.05) is 0 Å². The van der Waals surface area contributed by atoms with Crippen molar-refractivity contribution in [1.29, 1.82) is 0 Å². The first-order valence-corrected chi connectivity index (χ1v) is 15.7. The lowest BCUT2D eigenvalue weighted by Gasteiger charge is -2.09. The Morgan fingerprint density at radius 1 is 0.400 bits per heavy atom. The van der Waals surface area contributed by atoms with Crippen molar-refractivity contribution in [2.45, 2.75) is 25.9 Å². The molecule has 0 aliphatic rings. The van der Waals surface area contributed by atoms with Gasteiger partial charge in [0.15, 0.2) is 0 Å². The minimum atomic E-state index is 0.885. The standard InChI is InChI=1S/C41H31N3O/c45-27-44-40-19-17-28(21-23-42-36-13-5-1-9-30(36)31-10-2-6-14-37(31)42)25-34(40)35-26-29(18-20-41(35)44)22-24-43-38-15-7-3-11-32(38)33-12-4-8-16-39(33)43/h1-20,25-27H,21-24H2. The second kappa shape index (κ2) is 10.2. The molecule has 9 rings (SSSR count). The van der Waals surface area contributed by atoms with E-state index in [-0.39, 0.29) is 0 Å². The van der Waals surface area contributed by atoms with Crippen LogP contribution >= 0.6 is 0 Å². The second-order valence-corrected chi connectivity index (χ2v) is 12.1. The van der Waals surface area contributed by atoms with Gasteiger partial charge in [0, 0.05) is 67.5 Å². The molecule has 9 aromatic rings. The average Bonchev–Trinajstić information content (AvgIpc) is 3.71. The molecule has 4 nitrogen and oxygen atoms in total. The predicted octanol–water partition coefficient (Wildman–Crippen LogP) is 9.53. The van der Waals surface area contributed by atoms with Crippen LogP contribution in [-0.4, -0.2) is 20.1 Å². The summed E-state index contributed by atoms with van der Waals surface area (Å²) in [6.07, 6.45) is 2.75. The maximum absolute atomic E-state index is 12.3. The summed E-state index contributed by atoms with van der Waals surface area (Å²) in [7, 11) is 0. The van der Waals surface area contributed by atoms with Gasteiger partial charge in [0.1, 0.15) is 0 Å². The zero-order valence-corrected chi connectivity index (χ0v) is 24.9. The van der Waals surface area contributed by atoms with Gasteiger partial charge in [-0.05, 0) is 72.5 Å². The molecule has 3 heterocycles. The van der Waals surface area contributed by atoms with Crippen LogP contribution in [0.5, 0.6) is 0 Å². The van der Waals surface area contributed by atoms with Crippen molar-refractivity contribution in [1.82, 2.24) is 13.7 Å². The van der Waals surface area contributed by atoms with E-state index in [0.717, 1.165) is 54.1 Å². The Hall–Kier alpha value is -5.61. The molecular weight excluding hydrogens is 550 g/mol. The third-order valence-electron chi connectivity index (χ3n) is 9.64. The fourth-order valence-electron chi connectivity index (χ4n) is 7.54. The Kier molecular flexibility index (Phi) is 5.88. The molecule has 0 aliphatic carbocycles. The lowest BCUT2D eigenvalue weighted by atomic mass is 10.0. The summed E-state index contributed by atoms with van der Waals surface area (Å²) >= 11 is 0. The van der Waals surface area contributed by atoms with Gasteiger partial charge in [0.2, 0.25) is 6.41 Å².